The summed E-state index contributed by atoms with van der Waals surface area (Å²) in [6.07, 6.45) is 3.26. The number of amides is 1. The molecule has 1 amide bonds. The first-order valence-electron chi connectivity index (χ1n) is 7.76. The Labute approximate surface area is 128 Å². The summed E-state index contributed by atoms with van der Waals surface area (Å²) in [5, 5.41) is 14.3. The Bertz CT molecular complexity index is 722. The summed E-state index contributed by atoms with van der Waals surface area (Å²) in [6, 6.07) is 7.70. The standard InChI is InChI=1S/C17H18N2O3/c20-15-10-19(9-11-5-1-2-6-12(11)15)17(21)16-13-7-3-4-8-14(13)18-22-16/h1-2,5-6,15,20H,3-4,7-10H2/t15-/m1/s1. The molecule has 2 aromatic rings. The minimum Gasteiger partial charge on any atom is -0.387 e. The Morgan fingerprint density at radius 1 is 1.27 bits per heavy atom. The zero-order valence-corrected chi connectivity index (χ0v) is 12.3. The number of hydrogen-bond donors (Lipinski definition) is 1. The van der Waals surface area contributed by atoms with Crippen molar-refractivity contribution in [2.24, 2.45) is 0 Å². The fraction of sp³-hybridized carbons (Fsp3) is 0.412. The van der Waals surface area contributed by atoms with Gasteiger partial charge >= 0.3 is 0 Å². The Kier molecular flexibility index (Phi) is 3.22. The monoisotopic (exact) mass is 298 g/mol. The van der Waals surface area contributed by atoms with Crippen molar-refractivity contribution < 1.29 is 14.4 Å². The van der Waals surface area contributed by atoms with Crippen LogP contribution in [0.4, 0.5) is 0 Å². The second-order valence-electron chi connectivity index (χ2n) is 6.04. The number of hydrogen-bond acceptors (Lipinski definition) is 4. The SMILES string of the molecule is O=C(c1onc2c1CCCC2)N1Cc2ccccc2[C@H](O)C1. The third-order valence-electron chi connectivity index (χ3n) is 4.61. The van der Waals surface area contributed by atoms with Crippen LogP contribution in [-0.2, 0) is 19.4 Å². The van der Waals surface area contributed by atoms with E-state index in [1.54, 1.807) is 4.90 Å². The highest BCUT2D eigenvalue weighted by atomic mass is 16.5. The van der Waals surface area contributed by atoms with Gasteiger partial charge in [-0.1, -0.05) is 29.4 Å². The van der Waals surface area contributed by atoms with Gasteiger partial charge in [0.2, 0.25) is 5.76 Å². The first-order chi connectivity index (χ1) is 10.7. The first kappa shape index (κ1) is 13.5. The highest BCUT2D eigenvalue weighted by Crippen LogP contribution is 2.30. The second-order valence-corrected chi connectivity index (χ2v) is 6.04. The molecule has 0 spiro atoms. The fourth-order valence-corrected chi connectivity index (χ4v) is 3.44. The van der Waals surface area contributed by atoms with Crippen LogP contribution in [0.3, 0.4) is 0 Å². The van der Waals surface area contributed by atoms with Crippen molar-refractivity contribution in [3.63, 3.8) is 0 Å². The molecular weight excluding hydrogens is 280 g/mol. The lowest BCUT2D eigenvalue weighted by Gasteiger charge is -2.31. The highest BCUT2D eigenvalue weighted by molar-refractivity contribution is 5.93. The van der Waals surface area contributed by atoms with Crippen LogP contribution < -0.4 is 0 Å². The molecule has 0 fully saturated rings. The fourth-order valence-electron chi connectivity index (χ4n) is 3.44. The maximum absolute atomic E-state index is 12.8. The number of carbonyl (C=O) groups excluding carboxylic acids is 1. The van der Waals surface area contributed by atoms with Gasteiger partial charge in [-0.25, -0.2) is 0 Å². The lowest BCUT2D eigenvalue weighted by Crippen LogP contribution is -2.38. The Morgan fingerprint density at radius 2 is 2.09 bits per heavy atom. The van der Waals surface area contributed by atoms with Gasteiger partial charge in [0.05, 0.1) is 18.3 Å². The first-order valence-corrected chi connectivity index (χ1v) is 7.76. The molecule has 0 saturated carbocycles. The third kappa shape index (κ3) is 2.13. The van der Waals surface area contributed by atoms with E-state index in [0.717, 1.165) is 48.1 Å². The van der Waals surface area contributed by atoms with Crippen molar-refractivity contribution in [1.29, 1.82) is 0 Å². The average Bonchev–Trinajstić information content (AvgIpc) is 2.98. The van der Waals surface area contributed by atoms with Crippen LogP contribution >= 0.6 is 0 Å². The summed E-state index contributed by atoms with van der Waals surface area (Å²) in [5.41, 5.74) is 3.78. The zero-order valence-electron chi connectivity index (χ0n) is 12.3. The van der Waals surface area contributed by atoms with Gasteiger partial charge in [0, 0.05) is 12.1 Å². The van der Waals surface area contributed by atoms with E-state index in [9.17, 15) is 9.90 Å². The molecule has 0 saturated heterocycles. The van der Waals surface area contributed by atoms with Crippen molar-refractivity contribution in [2.75, 3.05) is 6.54 Å². The van der Waals surface area contributed by atoms with Crippen LogP contribution in [0.15, 0.2) is 28.8 Å². The third-order valence-corrected chi connectivity index (χ3v) is 4.61. The highest BCUT2D eigenvalue weighted by Gasteiger charge is 2.32. The van der Waals surface area contributed by atoms with E-state index >= 15 is 0 Å². The number of aromatic nitrogens is 1. The maximum atomic E-state index is 12.8. The molecule has 5 nitrogen and oxygen atoms in total. The van der Waals surface area contributed by atoms with Gasteiger partial charge in [-0.05, 0) is 36.8 Å². The van der Waals surface area contributed by atoms with Crippen molar-refractivity contribution >= 4 is 5.91 Å². The summed E-state index contributed by atoms with van der Waals surface area (Å²) in [5.74, 6) is 0.200. The van der Waals surface area contributed by atoms with Crippen LogP contribution in [0.5, 0.6) is 0 Å². The van der Waals surface area contributed by atoms with E-state index in [2.05, 4.69) is 5.16 Å². The second kappa shape index (κ2) is 5.25. The molecule has 1 aliphatic heterocycles. The number of aliphatic hydroxyl groups is 1. The van der Waals surface area contributed by atoms with E-state index in [4.69, 9.17) is 4.52 Å². The number of β-amino-alcohol motifs (C(OH)–C–C–N with tert-alkyl or cyclic N) is 1. The van der Waals surface area contributed by atoms with E-state index in [1.807, 2.05) is 24.3 Å². The molecule has 1 atom stereocenters. The van der Waals surface area contributed by atoms with E-state index < -0.39 is 6.10 Å². The summed E-state index contributed by atoms with van der Waals surface area (Å²) < 4.78 is 5.33. The van der Waals surface area contributed by atoms with Gasteiger partial charge in [-0.2, -0.15) is 0 Å². The lowest BCUT2D eigenvalue weighted by atomic mass is 9.94. The molecule has 2 heterocycles. The normalized spacial score (nSPS) is 20.4. The molecule has 114 valence electrons. The van der Waals surface area contributed by atoms with Crippen LogP contribution in [0, 0.1) is 0 Å². The molecule has 2 aliphatic rings. The number of aryl methyl sites for hydroxylation is 1. The van der Waals surface area contributed by atoms with Gasteiger partial charge in [0.15, 0.2) is 0 Å². The topological polar surface area (TPSA) is 66.6 Å². The van der Waals surface area contributed by atoms with Gasteiger partial charge < -0.3 is 14.5 Å². The summed E-state index contributed by atoms with van der Waals surface area (Å²) in [6.45, 7) is 0.798. The minimum atomic E-state index is -0.646. The van der Waals surface area contributed by atoms with Crippen molar-refractivity contribution in [3.8, 4) is 0 Å². The predicted molar refractivity (Wildman–Crippen MR) is 79.3 cm³/mol. The van der Waals surface area contributed by atoms with E-state index in [0.29, 0.717) is 18.8 Å². The molecule has 4 rings (SSSR count). The minimum absolute atomic E-state index is 0.163. The molecule has 5 heteroatoms. The van der Waals surface area contributed by atoms with Crippen molar-refractivity contribution in [2.45, 2.75) is 38.3 Å². The summed E-state index contributed by atoms with van der Waals surface area (Å²) >= 11 is 0. The van der Waals surface area contributed by atoms with Crippen LogP contribution in [0.2, 0.25) is 0 Å². The average molecular weight is 298 g/mol. The van der Waals surface area contributed by atoms with Crippen LogP contribution in [0.1, 0.15) is 51.9 Å². The molecule has 1 aliphatic carbocycles. The van der Waals surface area contributed by atoms with Crippen molar-refractivity contribution in [3.05, 3.63) is 52.4 Å². The van der Waals surface area contributed by atoms with Gasteiger partial charge in [0.1, 0.15) is 0 Å². The lowest BCUT2D eigenvalue weighted by molar-refractivity contribution is 0.0512. The molecule has 1 aromatic carbocycles. The number of benzene rings is 1. The maximum Gasteiger partial charge on any atom is 0.293 e. The molecule has 0 bridgehead atoms. The smallest absolute Gasteiger partial charge is 0.293 e. The zero-order chi connectivity index (χ0) is 15.1. The predicted octanol–water partition coefficient (Wildman–Crippen LogP) is 2.24. The quantitative estimate of drug-likeness (QED) is 0.877. The molecule has 0 radical (unpaired) electrons. The molecule has 0 unspecified atom stereocenters. The van der Waals surface area contributed by atoms with E-state index in [1.165, 1.54) is 0 Å². The number of aliphatic hydroxyl groups excluding tert-OH is 1. The molecule has 22 heavy (non-hydrogen) atoms. The summed E-state index contributed by atoms with van der Waals surface area (Å²) in [7, 11) is 0. The summed E-state index contributed by atoms with van der Waals surface area (Å²) in [4.78, 5) is 14.4. The number of fused-ring (bicyclic) bond motifs is 2. The van der Waals surface area contributed by atoms with Gasteiger partial charge in [0.25, 0.3) is 5.91 Å². The van der Waals surface area contributed by atoms with Gasteiger partial charge in [-0.15, -0.1) is 0 Å². The molecule has 1 aromatic heterocycles. The number of carbonyl (C=O) groups is 1. The molecular formula is C17H18N2O3. The van der Waals surface area contributed by atoms with Gasteiger partial charge in [-0.3, -0.25) is 4.79 Å². The number of nitrogens with zero attached hydrogens (tertiary/aromatic N) is 2. The largest absolute Gasteiger partial charge is 0.387 e. The Hall–Kier alpha value is -2.14. The van der Waals surface area contributed by atoms with E-state index in [-0.39, 0.29) is 5.91 Å². The number of rotatable bonds is 1. The van der Waals surface area contributed by atoms with Crippen LogP contribution in [0.25, 0.3) is 0 Å². The van der Waals surface area contributed by atoms with Crippen LogP contribution in [-0.4, -0.2) is 27.6 Å². The Morgan fingerprint density at radius 3 is 3.00 bits per heavy atom. The van der Waals surface area contributed by atoms with Crippen molar-refractivity contribution in [1.82, 2.24) is 10.1 Å². The Balaban J connectivity index is 1.63. The molecule has 1 N–H and O–H groups in total.